The summed E-state index contributed by atoms with van der Waals surface area (Å²) >= 11 is 0. The molecule has 2 aliphatic heterocycles. The molecule has 0 aliphatic carbocycles. The summed E-state index contributed by atoms with van der Waals surface area (Å²) in [6, 6.07) is 12.2. The molecule has 0 spiro atoms. The van der Waals surface area contributed by atoms with Gasteiger partial charge in [0.25, 0.3) is 20.2 Å². The van der Waals surface area contributed by atoms with Gasteiger partial charge in [0.1, 0.15) is 24.9 Å². The molecular formula is C23H28O10S2. The molecule has 12 heteroatoms. The fraction of sp³-hybridized carbons (Fsp3) is 0.478. The molecule has 2 aromatic carbocycles. The Kier molecular flexibility index (Phi) is 6.88. The second-order valence-corrected chi connectivity index (χ2v) is 12.3. The van der Waals surface area contributed by atoms with E-state index in [9.17, 15) is 21.9 Å². The third-order valence-electron chi connectivity index (χ3n) is 5.73. The molecule has 1 N–H and O–H groups in total. The lowest BCUT2D eigenvalue weighted by Crippen LogP contribution is -2.45. The van der Waals surface area contributed by atoms with E-state index in [0.29, 0.717) is 0 Å². The molecule has 2 aliphatic rings. The molecule has 0 amide bonds. The number of fused-ring (bicyclic) bond motifs is 1. The van der Waals surface area contributed by atoms with Crippen molar-refractivity contribution in [3.8, 4) is 0 Å². The maximum absolute atomic E-state index is 12.7. The van der Waals surface area contributed by atoms with Crippen LogP contribution in [-0.4, -0.2) is 65.0 Å². The highest BCUT2D eigenvalue weighted by atomic mass is 32.2. The Morgan fingerprint density at radius 3 is 1.83 bits per heavy atom. The van der Waals surface area contributed by atoms with E-state index >= 15 is 0 Å². The van der Waals surface area contributed by atoms with E-state index < -0.39 is 63.3 Å². The number of aliphatic hydroxyl groups excluding tert-OH is 1. The lowest BCUT2D eigenvalue weighted by Gasteiger charge is -2.28. The summed E-state index contributed by atoms with van der Waals surface area (Å²) < 4.78 is 78.3. The summed E-state index contributed by atoms with van der Waals surface area (Å²) in [5, 5.41) is 10.8. The predicted octanol–water partition coefficient (Wildman–Crippen LogP) is 2.02. The second-order valence-electron chi connectivity index (χ2n) is 9.08. The summed E-state index contributed by atoms with van der Waals surface area (Å²) in [5.74, 6) is -3.02. The summed E-state index contributed by atoms with van der Waals surface area (Å²) in [5.41, 5.74) is 1.76. The van der Waals surface area contributed by atoms with Crippen LogP contribution in [0.1, 0.15) is 25.0 Å². The van der Waals surface area contributed by atoms with Crippen molar-refractivity contribution < 1.29 is 44.5 Å². The Morgan fingerprint density at radius 1 is 0.829 bits per heavy atom. The Labute approximate surface area is 205 Å². The topological polar surface area (TPSA) is 135 Å². The summed E-state index contributed by atoms with van der Waals surface area (Å²) in [4.78, 5) is -0.108. The van der Waals surface area contributed by atoms with Crippen molar-refractivity contribution in [3.05, 3.63) is 59.7 Å². The molecule has 0 radical (unpaired) electrons. The number of benzene rings is 2. The highest BCUT2D eigenvalue weighted by molar-refractivity contribution is 7.87. The van der Waals surface area contributed by atoms with Crippen molar-refractivity contribution in [1.82, 2.24) is 0 Å². The zero-order valence-electron chi connectivity index (χ0n) is 19.7. The first kappa shape index (κ1) is 26.2. The van der Waals surface area contributed by atoms with Gasteiger partial charge in [-0.3, -0.25) is 8.37 Å². The van der Waals surface area contributed by atoms with Crippen LogP contribution in [0.15, 0.2) is 58.3 Å². The number of aliphatic hydroxyl groups is 1. The zero-order chi connectivity index (χ0) is 25.6. The van der Waals surface area contributed by atoms with Gasteiger partial charge in [-0.15, -0.1) is 0 Å². The minimum atomic E-state index is -4.18. The van der Waals surface area contributed by atoms with Crippen molar-refractivity contribution in [3.63, 3.8) is 0 Å². The van der Waals surface area contributed by atoms with E-state index in [1.807, 2.05) is 13.8 Å². The van der Waals surface area contributed by atoms with Gasteiger partial charge in [-0.05, 0) is 52.0 Å². The minimum Gasteiger partial charge on any atom is -0.387 e. The Balaban J connectivity index is 1.50. The molecule has 4 atom stereocenters. The zero-order valence-corrected chi connectivity index (χ0v) is 21.3. The second kappa shape index (κ2) is 9.20. The molecule has 192 valence electrons. The summed E-state index contributed by atoms with van der Waals surface area (Å²) in [7, 11) is -8.31. The van der Waals surface area contributed by atoms with Crippen LogP contribution in [0.5, 0.6) is 0 Å². The monoisotopic (exact) mass is 528 g/mol. The molecule has 2 fully saturated rings. The molecule has 0 bridgehead atoms. The Hall–Kier alpha value is -1.90. The normalized spacial score (nSPS) is 28.2. The Bertz CT molecular complexity index is 1270. The maximum Gasteiger partial charge on any atom is 0.297 e. The molecule has 2 heterocycles. The molecule has 4 rings (SSSR count). The first-order chi connectivity index (χ1) is 16.2. The van der Waals surface area contributed by atoms with Gasteiger partial charge in [0.2, 0.25) is 5.79 Å². The number of aryl methyl sites for hydroxylation is 2. The van der Waals surface area contributed by atoms with Gasteiger partial charge in [0.05, 0.1) is 16.4 Å². The van der Waals surface area contributed by atoms with Gasteiger partial charge in [0.15, 0.2) is 5.79 Å². The average Bonchev–Trinajstić information content (AvgIpc) is 3.19. The lowest BCUT2D eigenvalue weighted by atomic mass is 10.1. The van der Waals surface area contributed by atoms with E-state index in [1.54, 1.807) is 38.1 Å². The minimum absolute atomic E-state index is 0.0494. The molecule has 0 saturated carbocycles. The Morgan fingerprint density at radius 2 is 1.31 bits per heavy atom. The van der Waals surface area contributed by atoms with Gasteiger partial charge in [-0.1, -0.05) is 35.4 Å². The largest absolute Gasteiger partial charge is 0.387 e. The molecular weight excluding hydrogens is 500 g/mol. The van der Waals surface area contributed by atoms with Crippen LogP contribution < -0.4 is 0 Å². The number of ether oxygens (including phenoxy) is 3. The van der Waals surface area contributed by atoms with Crippen LogP contribution in [0.25, 0.3) is 0 Å². The molecule has 35 heavy (non-hydrogen) atoms. The van der Waals surface area contributed by atoms with Crippen LogP contribution in [0, 0.1) is 13.8 Å². The van der Waals surface area contributed by atoms with Crippen LogP contribution >= 0.6 is 0 Å². The van der Waals surface area contributed by atoms with Gasteiger partial charge in [-0.25, -0.2) is 0 Å². The molecule has 0 unspecified atom stereocenters. The first-order valence-corrected chi connectivity index (χ1v) is 13.7. The molecule has 0 aromatic heterocycles. The van der Waals surface area contributed by atoms with Crippen molar-refractivity contribution >= 4 is 20.2 Å². The van der Waals surface area contributed by atoms with E-state index in [1.165, 1.54) is 24.3 Å². The van der Waals surface area contributed by atoms with Crippen molar-refractivity contribution in [2.45, 2.75) is 67.4 Å². The standard InChI is InChI=1S/C23H28O10S2/c1-15-5-9-17(10-6-15)34(25,26)29-13-19-20(24)21-23(31-19,33-22(3,4)32-21)14-30-35(27,28)18-11-7-16(2)8-12-18/h5-12,19-21,24H,13-14H2,1-4H3/t19-,20-,21+,23-/m0/s1. The third-order valence-corrected chi connectivity index (χ3v) is 8.30. The number of hydrogen-bond acceptors (Lipinski definition) is 10. The average molecular weight is 529 g/mol. The quantitative estimate of drug-likeness (QED) is 0.507. The van der Waals surface area contributed by atoms with Gasteiger partial charge in [-0.2, -0.15) is 16.8 Å². The maximum atomic E-state index is 12.7. The van der Waals surface area contributed by atoms with Gasteiger partial charge >= 0.3 is 0 Å². The van der Waals surface area contributed by atoms with Gasteiger partial charge in [0, 0.05) is 0 Å². The molecule has 2 aromatic rings. The smallest absolute Gasteiger partial charge is 0.297 e. The predicted molar refractivity (Wildman–Crippen MR) is 122 cm³/mol. The molecule has 2 saturated heterocycles. The fourth-order valence-corrected chi connectivity index (χ4v) is 5.82. The third kappa shape index (κ3) is 5.44. The summed E-state index contributed by atoms with van der Waals surface area (Å²) in [6.45, 7) is 5.61. The van der Waals surface area contributed by atoms with Crippen LogP contribution in [0.3, 0.4) is 0 Å². The van der Waals surface area contributed by atoms with Crippen LogP contribution in [-0.2, 0) is 42.8 Å². The first-order valence-electron chi connectivity index (χ1n) is 10.9. The highest BCUT2D eigenvalue weighted by Gasteiger charge is 2.65. The summed E-state index contributed by atoms with van der Waals surface area (Å²) in [6.07, 6.45) is -3.72. The number of rotatable bonds is 8. The fourth-order valence-electron chi connectivity index (χ4n) is 3.98. The van der Waals surface area contributed by atoms with E-state index in [-0.39, 0.29) is 9.79 Å². The highest BCUT2D eigenvalue weighted by Crippen LogP contribution is 2.46. The van der Waals surface area contributed by atoms with Crippen molar-refractivity contribution in [2.24, 2.45) is 0 Å². The van der Waals surface area contributed by atoms with Crippen LogP contribution in [0.2, 0.25) is 0 Å². The van der Waals surface area contributed by atoms with E-state index in [4.69, 9.17) is 22.6 Å². The SMILES string of the molecule is Cc1ccc(S(=O)(=O)OC[C@@H]2O[C@@]3(COS(=O)(=O)c4ccc(C)cc4)OC(C)(C)O[C@@H]3[C@H]2O)cc1. The molecule has 10 nitrogen and oxygen atoms in total. The van der Waals surface area contributed by atoms with Crippen LogP contribution in [0.4, 0.5) is 0 Å². The van der Waals surface area contributed by atoms with E-state index in [2.05, 4.69) is 0 Å². The lowest BCUT2D eigenvalue weighted by molar-refractivity contribution is -0.272. The van der Waals surface area contributed by atoms with E-state index in [0.717, 1.165) is 11.1 Å². The van der Waals surface area contributed by atoms with Gasteiger partial charge < -0.3 is 19.3 Å². The van der Waals surface area contributed by atoms with Crippen molar-refractivity contribution in [2.75, 3.05) is 13.2 Å². The van der Waals surface area contributed by atoms with Crippen molar-refractivity contribution in [1.29, 1.82) is 0 Å². The number of hydrogen-bond donors (Lipinski definition) is 1.